The average Bonchev–Trinajstić information content (AvgIpc) is 2.72. The van der Waals surface area contributed by atoms with Crippen molar-refractivity contribution in [3.05, 3.63) is 16.1 Å². The smallest absolute Gasteiger partial charge is 0.0940 e. The van der Waals surface area contributed by atoms with Gasteiger partial charge in [0.15, 0.2) is 0 Å². The second kappa shape index (κ2) is 6.33. The molecule has 1 unspecified atom stereocenters. The van der Waals surface area contributed by atoms with Crippen molar-refractivity contribution in [3.8, 4) is 0 Å². The Morgan fingerprint density at radius 2 is 2.50 bits per heavy atom. The van der Waals surface area contributed by atoms with E-state index in [2.05, 4.69) is 27.9 Å². The zero-order valence-electron chi connectivity index (χ0n) is 9.96. The SMILES string of the molecule is Cc1csc(CCNCC2CCCCN2)n1. The van der Waals surface area contributed by atoms with Gasteiger partial charge in [0.25, 0.3) is 0 Å². The van der Waals surface area contributed by atoms with E-state index in [0.29, 0.717) is 6.04 Å². The fourth-order valence-corrected chi connectivity index (χ4v) is 2.86. The van der Waals surface area contributed by atoms with Gasteiger partial charge >= 0.3 is 0 Å². The van der Waals surface area contributed by atoms with Crippen LogP contribution in [-0.4, -0.2) is 30.7 Å². The molecule has 0 radical (unpaired) electrons. The zero-order chi connectivity index (χ0) is 11.2. The van der Waals surface area contributed by atoms with Crippen LogP contribution in [0.2, 0.25) is 0 Å². The fourth-order valence-electron chi connectivity index (χ4n) is 2.09. The number of nitrogens with one attached hydrogen (secondary N) is 2. The molecule has 1 atom stereocenters. The molecule has 1 aromatic heterocycles. The summed E-state index contributed by atoms with van der Waals surface area (Å²) >= 11 is 1.77. The number of aryl methyl sites for hydroxylation is 1. The molecular weight excluding hydrogens is 218 g/mol. The van der Waals surface area contributed by atoms with Crippen molar-refractivity contribution in [2.24, 2.45) is 0 Å². The third-order valence-corrected chi connectivity index (χ3v) is 4.01. The van der Waals surface area contributed by atoms with Gasteiger partial charge < -0.3 is 10.6 Å². The molecule has 16 heavy (non-hydrogen) atoms. The monoisotopic (exact) mass is 239 g/mol. The molecule has 4 heteroatoms. The van der Waals surface area contributed by atoms with Crippen LogP contribution >= 0.6 is 11.3 Å². The van der Waals surface area contributed by atoms with E-state index < -0.39 is 0 Å². The fraction of sp³-hybridized carbons (Fsp3) is 0.750. The lowest BCUT2D eigenvalue weighted by molar-refractivity contribution is 0.384. The number of piperidine rings is 1. The Hall–Kier alpha value is -0.450. The Kier molecular flexibility index (Phi) is 4.75. The van der Waals surface area contributed by atoms with Crippen molar-refractivity contribution < 1.29 is 0 Å². The molecule has 1 saturated heterocycles. The van der Waals surface area contributed by atoms with Crippen molar-refractivity contribution in [1.29, 1.82) is 0 Å². The maximum absolute atomic E-state index is 4.46. The van der Waals surface area contributed by atoms with Crippen LogP contribution in [0.1, 0.15) is 30.0 Å². The van der Waals surface area contributed by atoms with Crippen LogP contribution in [0.4, 0.5) is 0 Å². The Balaban J connectivity index is 1.57. The Bertz CT molecular complexity index is 305. The molecule has 0 aliphatic carbocycles. The first-order valence-electron chi connectivity index (χ1n) is 6.20. The van der Waals surface area contributed by atoms with E-state index in [0.717, 1.165) is 25.2 Å². The summed E-state index contributed by atoms with van der Waals surface area (Å²) in [4.78, 5) is 4.46. The molecular formula is C12H21N3S. The predicted octanol–water partition coefficient (Wildman–Crippen LogP) is 1.73. The summed E-state index contributed by atoms with van der Waals surface area (Å²) in [5, 5.41) is 10.4. The summed E-state index contributed by atoms with van der Waals surface area (Å²) in [5.41, 5.74) is 1.15. The van der Waals surface area contributed by atoms with Crippen LogP contribution in [0.25, 0.3) is 0 Å². The van der Waals surface area contributed by atoms with Crippen molar-refractivity contribution in [2.75, 3.05) is 19.6 Å². The van der Waals surface area contributed by atoms with Crippen molar-refractivity contribution >= 4 is 11.3 Å². The van der Waals surface area contributed by atoms with Gasteiger partial charge in [0.1, 0.15) is 0 Å². The molecule has 2 N–H and O–H groups in total. The van der Waals surface area contributed by atoms with E-state index in [9.17, 15) is 0 Å². The number of rotatable bonds is 5. The number of hydrogen-bond donors (Lipinski definition) is 2. The molecule has 1 aliphatic rings. The first-order valence-corrected chi connectivity index (χ1v) is 7.07. The van der Waals surface area contributed by atoms with Crippen molar-refractivity contribution in [2.45, 2.75) is 38.6 Å². The highest BCUT2D eigenvalue weighted by molar-refractivity contribution is 7.09. The number of thiazole rings is 1. The van der Waals surface area contributed by atoms with Gasteiger partial charge in [-0.3, -0.25) is 0 Å². The van der Waals surface area contributed by atoms with Crippen molar-refractivity contribution in [1.82, 2.24) is 15.6 Å². The van der Waals surface area contributed by atoms with Crippen LogP contribution in [0, 0.1) is 6.92 Å². The minimum atomic E-state index is 0.687. The third-order valence-electron chi connectivity index (χ3n) is 2.99. The summed E-state index contributed by atoms with van der Waals surface area (Å²) in [6.07, 6.45) is 5.11. The minimum absolute atomic E-state index is 0.687. The molecule has 2 rings (SSSR count). The normalized spacial score (nSPS) is 21.2. The van der Waals surface area contributed by atoms with Crippen LogP contribution in [0.3, 0.4) is 0 Å². The highest BCUT2D eigenvalue weighted by Gasteiger charge is 2.11. The molecule has 1 aromatic rings. The number of hydrogen-bond acceptors (Lipinski definition) is 4. The first-order chi connectivity index (χ1) is 7.84. The topological polar surface area (TPSA) is 37.0 Å². The highest BCUT2D eigenvalue weighted by Crippen LogP contribution is 2.09. The summed E-state index contributed by atoms with van der Waals surface area (Å²) in [5.74, 6) is 0. The standard InChI is InChI=1S/C12H21N3S/c1-10-9-16-12(15-10)5-7-13-8-11-4-2-3-6-14-11/h9,11,13-14H,2-8H2,1H3. The maximum Gasteiger partial charge on any atom is 0.0940 e. The van der Waals surface area contributed by atoms with Gasteiger partial charge in [-0.15, -0.1) is 11.3 Å². The molecule has 0 spiro atoms. The lowest BCUT2D eigenvalue weighted by Crippen LogP contribution is -2.42. The second-order valence-electron chi connectivity index (χ2n) is 4.48. The Labute approximate surface area is 102 Å². The van der Waals surface area contributed by atoms with Crippen LogP contribution in [0.15, 0.2) is 5.38 Å². The van der Waals surface area contributed by atoms with Gasteiger partial charge in [-0.1, -0.05) is 6.42 Å². The minimum Gasteiger partial charge on any atom is -0.315 e. The summed E-state index contributed by atoms with van der Waals surface area (Å²) in [7, 11) is 0. The third kappa shape index (κ3) is 3.85. The van der Waals surface area contributed by atoms with E-state index in [-0.39, 0.29) is 0 Å². The molecule has 1 fully saturated rings. The zero-order valence-corrected chi connectivity index (χ0v) is 10.8. The summed E-state index contributed by atoms with van der Waals surface area (Å²) in [6.45, 7) is 5.40. The molecule has 0 aromatic carbocycles. The summed E-state index contributed by atoms with van der Waals surface area (Å²) < 4.78 is 0. The Morgan fingerprint density at radius 3 is 3.19 bits per heavy atom. The van der Waals surface area contributed by atoms with Gasteiger partial charge in [0.2, 0.25) is 0 Å². The van der Waals surface area contributed by atoms with E-state index in [4.69, 9.17) is 0 Å². The van der Waals surface area contributed by atoms with Gasteiger partial charge in [0.05, 0.1) is 5.01 Å². The highest BCUT2D eigenvalue weighted by atomic mass is 32.1. The van der Waals surface area contributed by atoms with E-state index >= 15 is 0 Å². The Morgan fingerprint density at radius 1 is 1.56 bits per heavy atom. The molecule has 3 nitrogen and oxygen atoms in total. The first kappa shape index (κ1) is 12.0. The maximum atomic E-state index is 4.46. The van der Waals surface area contributed by atoms with E-state index in [1.54, 1.807) is 11.3 Å². The van der Waals surface area contributed by atoms with E-state index in [1.807, 2.05) is 0 Å². The molecule has 0 amide bonds. The molecule has 90 valence electrons. The van der Waals surface area contributed by atoms with Gasteiger partial charge in [-0.2, -0.15) is 0 Å². The second-order valence-corrected chi connectivity index (χ2v) is 5.43. The molecule has 0 saturated carbocycles. The number of nitrogens with zero attached hydrogens (tertiary/aromatic N) is 1. The van der Waals surface area contributed by atoms with Crippen LogP contribution in [0.5, 0.6) is 0 Å². The lowest BCUT2D eigenvalue weighted by Gasteiger charge is -2.23. The average molecular weight is 239 g/mol. The van der Waals surface area contributed by atoms with Gasteiger partial charge in [-0.25, -0.2) is 4.98 Å². The van der Waals surface area contributed by atoms with Gasteiger partial charge in [0, 0.05) is 36.6 Å². The predicted molar refractivity (Wildman–Crippen MR) is 69.1 cm³/mol. The van der Waals surface area contributed by atoms with E-state index in [1.165, 1.54) is 30.8 Å². The van der Waals surface area contributed by atoms with Crippen LogP contribution < -0.4 is 10.6 Å². The lowest BCUT2D eigenvalue weighted by atomic mass is 10.1. The molecule has 2 heterocycles. The largest absolute Gasteiger partial charge is 0.315 e. The molecule has 0 bridgehead atoms. The van der Waals surface area contributed by atoms with Crippen LogP contribution in [-0.2, 0) is 6.42 Å². The van der Waals surface area contributed by atoms with Gasteiger partial charge in [-0.05, 0) is 26.3 Å². The quantitative estimate of drug-likeness (QED) is 0.768. The van der Waals surface area contributed by atoms with Crippen molar-refractivity contribution in [3.63, 3.8) is 0 Å². The number of aromatic nitrogens is 1. The molecule has 1 aliphatic heterocycles. The summed E-state index contributed by atoms with van der Waals surface area (Å²) in [6, 6.07) is 0.687.